The molecule has 23 heavy (non-hydrogen) atoms. The Labute approximate surface area is 134 Å². The Morgan fingerprint density at radius 1 is 1.22 bits per heavy atom. The van der Waals surface area contributed by atoms with Crippen molar-refractivity contribution in [3.05, 3.63) is 54.2 Å². The average Bonchev–Trinajstić information content (AvgIpc) is 3.24. The van der Waals surface area contributed by atoms with Crippen LogP contribution in [0.5, 0.6) is 0 Å². The number of likely N-dealkylation sites (tertiary alicyclic amines) is 1. The van der Waals surface area contributed by atoms with E-state index in [1.54, 1.807) is 6.26 Å². The van der Waals surface area contributed by atoms with Crippen LogP contribution in [0.25, 0.3) is 0 Å². The van der Waals surface area contributed by atoms with Gasteiger partial charge in [-0.3, -0.25) is 4.90 Å². The predicted molar refractivity (Wildman–Crippen MR) is 85.7 cm³/mol. The van der Waals surface area contributed by atoms with Crippen molar-refractivity contribution in [1.29, 1.82) is 0 Å². The van der Waals surface area contributed by atoms with Crippen molar-refractivity contribution in [2.45, 2.75) is 18.9 Å². The number of anilines is 1. The summed E-state index contributed by atoms with van der Waals surface area (Å²) in [6.07, 6.45) is 3.98. The summed E-state index contributed by atoms with van der Waals surface area (Å²) >= 11 is 0. The molecule has 122 valence electrons. The second kappa shape index (κ2) is 7.28. The van der Waals surface area contributed by atoms with Gasteiger partial charge in [0.05, 0.1) is 12.3 Å². The molecule has 2 N–H and O–H groups in total. The Morgan fingerprint density at radius 3 is 2.61 bits per heavy atom. The third-order valence-corrected chi connectivity index (χ3v) is 4.01. The largest absolute Gasteiger partial charge is 0.468 e. The first-order chi connectivity index (χ1) is 11.2. The number of urea groups is 1. The first-order valence-corrected chi connectivity index (χ1v) is 7.80. The van der Waals surface area contributed by atoms with Gasteiger partial charge in [0.15, 0.2) is 0 Å². The van der Waals surface area contributed by atoms with Gasteiger partial charge < -0.3 is 15.1 Å². The fourth-order valence-corrected chi connectivity index (χ4v) is 2.84. The standard InChI is InChI=1S/C17H20FN3O2/c18-13-5-7-14(8-6-13)20-17(22)19-12-15(16-4-3-11-23-16)21-9-1-2-10-21/h3-8,11,15H,1-2,9-10,12H2,(H2,19,20,22)/t15-/m0/s1. The first kappa shape index (κ1) is 15.6. The number of nitrogens with zero attached hydrogens (tertiary/aromatic N) is 1. The highest BCUT2D eigenvalue weighted by atomic mass is 19.1. The van der Waals surface area contributed by atoms with E-state index in [0.717, 1.165) is 18.8 Å². The van der Waals surface area contributed by atoms with Gasteiger partial charge >= 0.3 is 6.03 Å². The van der Waals surface area contributed by atoms with Gasteiger partial charge in [-0.2, -0.15) is 0 Å². The zero-order valence-corrected chi connectivity index (χ0v) is 12.8. The molecule has 3 rings (SSSR count). The number of hydrogen-bond acceptors (Lipinski definition) is 3. The van der Waals surface area contributed by atoms with Gasteiger partial charge in [0.1, 0.15) is 11.6 Å². The van der Waals surface area contributed by atoms with E-state index in [9.17, 15) is 9.18 Å². The number of nitrogens with one attached hydrogen (secondary N) is 2. The summed E-state index contributed by atoms with van der Waals surface area (Å²) < 4.78 is 18.4. The number of benzene rings is 1. The van der Waals surface area contributed by atoms with Crippen LogP contribution in [0.4, 0.5) is 14.9 Å². The molecule has 0 spiro atoms. The third kappa shape index (κ3) is 4.10. The van der Waals surface area contributed by atoms with Crippen molar-refractivity contribution in [2.24, 2.45) is 0 Å². The maximum Gasteiger partial charge on any atom is 0.319 e. The summed E-state index contributed by atoms with van der Waals surface area (Å²) in [5.41, 5.74) is 0.555. The quantitative estimate of drug-likeness (QED) is 0.889. The molecular formula is C17H20FN3O2. The summed E-state index contributed by atoms with van der Waals surface area (Å²) in [4.78, 5) is 14.3. The van der Waals surface area contributed by atoms with E-state index in [4.69, 9.17) is 4.42 Å². The number of carbonyl (C=O) groups is 1. The van der Waals surface area contributed by atoms with E-state index >= 15 is 0 Å². The van der Waals surface area contributed by atoms with Gasteiger partial charge in [0.2, 0.25) is 0 Å². The number of rotatable bonds is 5. The lowest BCUT2D eigenvalue weighted by Gasteiger charge is -2.26. The number of carbonyl (C=O) groups excluding carboxylic acids is 1. The second-order valence-corrected chi connectivity index (χ2v) is 5.62. The summed E-state index contributed by atoms with van der Waals surface area (Å²) in [6.45, 7) is 2.47. The molecule has 2 amide bonds. The predicted octanol–water partition coefficient (Wildman–Crippen LogP) is 3.38. The first-order valence-electron chi connectivity index (χ1n) is 7.80. The Hall–Kier alpha value is -2.34. The van der Waals surface area contributed by atoms with Crippen LogP contribution in [-0.2, 0) is 0 Å². The molecule has 5 nitrogen and oxygen atoms in total. The summed E-state index contributed by atoms with van der Waals surface area (Å²) in [7, 11) is 0. The van der Waals surface area contributed by atoms with Crippen LogP contribution >= 0.6 is 0 Å². The molecule has 0 bridgehead atoms. The van der Waals surface area contributed by atoms with E-state index in [1.807, 2.05) is 12.1 Å². The van der Waals surface area contributed by atoms with Crippen molar-refractivity contribution in [3.8, 4) is 0 Å². The van der Waals surface area contributed by atoms with Crippen LogP contribution in [-0.4, -0.2) is 30.6 Å². The molecule has 0 radical (unpaired) electrons. The summed E-state index contributed by atoms with van der Waals surface area (Å²) in [5.74, 6) is 0.525. The third-order valence-electron chi connectivity index (χ3n) is 4.01. The molecular weight excluding hydrogens is 297 g/mol. The van der Waals surface area contributed by atoms with E-state index in [-0.39, 0.29) is 17.9 Å². The van der Waals surface area contributed by atoms with Crippen molar-refractivity contribution in [3.63, 3.8) is 0 Å². The zero-order valence-electron chi connectivity index (χ0n) is 12.8. The van der Waals surface area contributed by atoms with Crippen molar-refractivity contribution >= 4 is 11.7 Å². The SMILES string of the molecule is O=C(NC[C@@H](c1ccco1)N1CCCC1)Nc1ccc(F)cc1. The molecule has 1 aliphatic heterocycles. The highest BCUT2D eigenvalue weighted by Gasteiger charge is 2.25. The molecule has 6 heteroatoms. The number of furan rings is 1. The van der Waals surface area contributed by atoms with Crippen LogP contribution < -0.4 is 10.6 Å². The van der Waals surface area contributed by atoms with Gasteiger partial charge in [-0.15, -0.1) is 0 Å². The van der Waals surface area contributed by atoms with Gasteiger partial charge in [-0.1, -0.05) is 0 Å². The van der Waals surface area contributed by atoms with Crippen LogP contribution in [0.3, 0.4) is 0 Å². The molecule has 1 atom stereocenters. The Balaban J connectivity index is 1.57. The lowest BCUT2D eigenvalue weighted by molar-refractivity contribution is 0.207. The molecule has 1 aliphatic rings. The lowest BCUT2D eigenvalue weighted by atomic mass is 10.2. The molecule has 0 aliphatic carbocycles. The van der Waals surface area contributed by atoms with Crippen molar-refractivity contribution < 1.29 is 13.6 Å². The van der Waals surface area contributed by atoms with Crippen LogP contribution in [0, 0.1) is 5.82 Å². The molecule has 0 unspecified atom stereocenters. The van der Waals surface area contributed by atoms with Gasteiger partial charge in [-0.05, 0) is 62.3 Å². The van der Waals surface area contributed by atoms with E-state index in [2.05, 4.69) is 15.5 Å². The molecule has 1 saturated heterocycles. The summed E-state index contributed by atoms with van der Waals surface area (Å²) in [5, 5.41) is 5.56. The highest BCUT2D eigenvalue weighted by Crippen LogP contribution is 2.24. The average molecular weight is 317 g/mol. The topological polar surface area (TPSA) is 57.5 Å². The fourth-order valence-electron chi connectivity index (χ4n) is 2.84. The molecule has 1 aromatic carbocycles. The lowest BCUT2D eigenvalue weighted by Crippen LogP contribution is -2.38. The maximum atomic E-state index is 12.9. The highest BCUT2D eigenvalue weighted by molar-refractivity contribution is 5.89. The summed E-state index contributed by atoms with van der Waals surface area (Å²) in [6, 6.07) is 9.19. The van der Waals surface area contributed by atoms with Crippen molar-refractivity contribution in [2.75, 3.05) is 25.0 Å². The van der Waals surface area contributed by atoms with Crippen LogP contribution in [0.15, 0.2) is 47.1 Å². The van der Waals surface area contributed by atoms with Crippen LogP contribution in [0.1, 0.15) is 24.6 Å². The molecule has 2 aromatic rings. The number of amides is 2. The Bertz CT molecular complexity index is 622. The molecule has 1 fully saturated rings. The van der Waals surface area contributed by atoms with E-state index in [1.165, 1.54) is 37.1 Å². The molecule has 1 aromatic heterocycles. The Kier molecular flexibility index (Phi) is 4.92. The van der Waals surface area contributed by atoms with Gasteiger partial charge in [0, 0.05) is 12.2 Å². The number of hydrogen-bond donors (Lipinski definition) is 2. The minimum absolute atomic E-state index is 0.0338. The minimum Gasteiger partial charge on any atom is -0.468 e. The van der Waals surface area contributed by atoms with Crippen LogP contribution in [0.2, 0.25) is 0 Å². The zero-order chi connectivity index (χ0) is 16.1. The van der Waals surface area contributed by atoms with E-state index in [0.29, 0.717) is 12.2 Å². The van der Waals surface area contributed by atoms with Gasteiger partial charge in [-0.25, -0.2) is 9.18 Å². The minimum atomic E-state index is -0.331. The molecule has 2 heterocycles. The Morgan fingerprint density at radius 2 is 1.96 bits per heavy atom. The normalized spacial score (nSPS) is 16.2. The number of halogens is 1. The van der Waals surface area contributed by atoms with Gasteiger partial charge in [0.25, 0.3) is 0 Å². The van der Waals surface area contributed by atoms with E-state index < -0.39 is 0 Å². The monoisotopic (exact) mass is 317 g/mol. The fraction of sp³-hybridized carbons (Fsp3) is 0.353. The smallest absolute Gasteiger partial charge is 0.319 e. The maximum absolute atomic E-state index is 12.9. The van der Waals surface area contributed by atoms with Crippen molar-refractivity contribution in [1.82, 2.24) is 10.2 Å². The molecule has 0 saturated carbocycles. The second-order valence-electron chi connectivity index (χ2n) is 5.62.